The number of anilines is 1. The summed E-state index contributed by atoms with van der Waals surface area (Å²) < 4.78 is 30.5. The van der Waals surface area contributed by atoms with Gasteiger partial charge < -0.3 is 15.0 Å². The number of likely N-dealkylation sites (N-methyl/N-ethyl adjacent to an activating group) is 1. The highest BCUT2D eigenvalue weighted by Crippen LogP contribution is 2.17. The second-order valence-corrected chi connectivity index (χ2v) is 8.56. The van der Waals surface area contributed by atoms with Crippen molar-refractivity contribution in [1.82, 2.24) is 9.21 Å². The molecule has 2 aromatic carbocycles. The van der Waals surface area contributed by atoms with Gasteiger partial charge in [0.05, 0.1) is 12.0 Å². The SMILES string of the molecule is CCN(CC(=O)Nc1cccc(OC)c1)C(=O)c1ccc(S(=O)(=O)N(C)C)cc1. The second-order valence-electron chi connectivity index (χ2n) is 6.41. The lowest BCUT2D eigenvalue weighted by Gasteiger charge is -2.21. The third kappa shape index (κ3) is 5.55. The minimum Gasteiger partial charge on any atom is -0.497 e. The molecule has 29 heavy (non-hydrogen) atoms. The van der Waals surface area contributed by atoms with Gasteiger partial charge in [0.2, 0.25) is 15.9 Å². The largest absolute Gasteiger partial charge is 0.497 e. The van der Waals surface area contributed by atoms with E-state index in [0.717, 1.165) is 4.31 Å². The second kappa shape index (κ2) is 9.53. The smallest absolute Gasteiger partial charge is 0.254 e. The fourth-order valence-corrected chi connectivity index (χ4v) is 3.47. The molecule has 156 valence electrons. The van der Waals surface area contributed by atoms with Crippen molar-refractivity contribution in [1.29, 1.82) is 0 Å². The van der Waals surface area contributed by atoms with E-state index in [1.807, 2.05) is 0 Å². The van der Waals surface area contributed by atoms with Gasteiger partial charge in [0, 0.05) is 38.0 Å². The first-order valence-electron chi connectivity index (χ1n) is 8.94. The number of hydrogen-bond donors (Lipinski definition) is 1. The van der Waals surface area contributed by atoms with Gasteiger partial charge in [-0.25, -0.2) is 12.7 Å². The van der Waals surface area contributed by atoms with E-state index in [1.54, 1.807) is 31.2 Å². The predicted octanol–water partition coefficient (Wildman–Crippen LogP) is 2.05. The first-order chi connectivity index (χ1) is 13.7. The Balaban J connectivity index is 2.09. The molecule has 0 aliphatic carbocycles. The molecule has 2 aromatic rings. The molecule has 2 amide bonds. The van der Waals surface area contributed by atoms with Crippen LogP contribution in [0.25, 0.3) is 0 Å². The fraction of sp³-hybridized carbons (Fsp3) is 0.300. The standard InChI is InChI=1S/C20H25N3O5S/c1-5-23(14-19(24)21-16-7-6-8-17(13-16)28-4)20(25)15-9-11-18(12-10-15)29(26,27)22(2)3/h6-13H,5,14H2,1-4H3,(H,21,24). The normalized spacial score (nSPS) is 11.2. The Bertz CT molecular complexity index is 972. The van der Waals surface area contributed by atoms with Gasteiger partial charge in [-0.15, -0.1) is 0 Å². The molecule has 2 rings (SSSR count). The number of benzene rings is 2. The number of nitrogens with zero attached hydrogens (tertiary/aromatic N) is 2. The number of hydrogen-bond acceptors (Lipinski definition) is 5. The Morgan fingerprint density at radius 3 is 2.28 bits per heavy atom. The van der Waals surface area contributed by atoms with Gasteiger partial charge >= 0.3 is 0 Å². The topological polar surface area (TPSA) is 96.0 Å². The van der Waals surface area contributed by atoms with Crippen LogP contribution in [-0.2, 0) is 14.8 Å². The lowest BCUT2D eigenvalue weighted by molar-refractivity contribution is -0.116. The Kier molecular flexibility index (Phi) is 7.35. The zero-order valence-electron chi connectivity index (χ0n) is 16.9. The number of carbonyl (C=O) groups is 2. The maximum absolute atomic E-state index is 12.7. The van der Waals surface area contributed by atoms with E-state index in [9.17, 15) is 18.0 Å². The molecule has 0 aliphatic heterocycles. The van der Waals surface area contributed by atoms with Gasteiger partial charge in [0.1, 0.15) is 12.3 Å². The summed E-state index contributed by atoms with van der Waals surface area (Å²) >= 11 is 0. The van der Waals surface area contributed by atoms with Gasteiger partial charge in [-0.1, -0.05) is 6.07 Å². The fourth-order valence-electron chi connectivity index (χ4n) is 2.56. The summed E-state index contributed by atoms with van der Waals surface area (Å²) in [6, 6.07) is 12.6. The monoisotopic (exact) mass is 419 g/mol. The summed E-state index contributed by atoms with van der Waals surface area (Å²) in [7, 11) is 0.842. The maximum Gasteiger partial charge on any atom is 0.254 e. The van der Waals surface area contributed by atoms with Crippen LogP contribution in [0.3, 0.4) is 0 Å². The van der Waals surface area contributed by atoms with Crippen LogP contribution in [0.5, 0.6) is 5.75 Å². The van der Waals surface area contributed by atoms with Gasteiger partial charge in [0.25, 0.3) is 5.91 Å². The molecule has 0 saturated heterocycles. The molecule has 0 atom stereocenters. The van der Waals surface area contributed by atoms with Gasteiger partial charge in [-0.2, -0.15) is 0 Å². The van der Waals surface area contributed by atoms with Crippen molar-refractivity contribution in [2.24, 2.45) is 0 Å². The van der Waals surface area contributed by atoms with Crippen molar-refractivity contribution in [2.45, 2.75) is 11.8 Å². The molecular formula is C20H25N3O5S. The van der Waals surface area contributed by atoms with E-state index in [2.05, 4.69) is 5.32 Å². The number of methoxy groups -OCH3 is 1. The maximum atomic E-state index is 12.7. The Labute approximate surface area is 171 Å². The third-order valence-corrected chi connectivity index (χ3v) is 6.07. The summed E-state index contributed by atoms with van der Waals surface area (Å²) in [4.78, 5) is 26.5. The first kappa shape index (κ1) is 22.4. The first-order valence-corrected chi connectivity index (χ1v) is 10.4. The van der Waals surface area contributed by atoms with E-state index in [4.69, 9.17) is 4.74 Å². The lowest BCUT2D eigenvalue weighted by Crippen LogP contribution is -2.37. The van der Waals surface area contributed by atoms with Crippen molar-refractivity contribution >= 4 is 27.5 Å². The highest BCUT2D eigenvalue weighted by Gasteiger charge is 2.20. The van der Waals surface area contributed by atoms with E-state index in [0.29, 0.717) is 23.5 Å². The molecular weight excluding hydrogens is 394 g/mol. The molecule has 0 fully saturated rings. The zero-order valence-corrected chi connectivity index (χ0v) is 17.7. The van der Waals surface area contributed by atoms with Crippen molar-refractivity contribution in [3.63, 3.8) is 0 Å². The van der Waals surface area contributed by atoms with Crippen LogP contribution >= 0.6 is 0 Å². The van der Waals surface area contributed by atoms with E-state index >= 15 is 0 Å². The quantitative estimate of drug-likeness (QED) is 0.706. The minimum absolute atomic E-state index is 0.0952. The molecule has 8 nitrogen and oxygen atoms in total. The number of carbonyl (C=O) groups excluding carboxylic acids is 2. The van der Waals surface area contributed by atoms with Crippen molar-refractivity contribution in [3.8, 4) is 5.75 Å². The Morgan fingerprint density at radius 1 is 1.07 bits per heavy atom. The van der Waals surface area contributed by atoms with Crippen LogP contribution in [0.4, 0.5) is 5.69 Å². The molecule has 1 N–H and O–H groups in total. The minimum atomic E-state index is -3.57. The number of nitrogens with one attached hydrogen (secondary N) is 1. The van der Waals surface area contributed by atoms with Crippen LogP contribution in [0.15, 0.2) is 53.4 Å². The van der Waals surface area contributed by atoms with Crippen LogP contribution in [0.2, 0.25) is 0 Å². The average Bonchev–Trinajstić information content (AvgIpc) is 2.71. The average molecular weight is 420 g/mol. The third-order valence-electron chi connectivity index (χ3n) is 4.24. The Morgan fingerprint density at radius 2 is 1.72 bits per heavy atom. The van der Waals surface area contributed by atoms with E-state index in [-0.39, 0.29) is 23.3 Å². The zero-order chi connectivity index (χ0) is 21.6. The molecule has 0 unspecified atom stereocenters. The van der Waals surface area contributed by atoms with Crippen molar-refractivity contribution < 1.29 is 22.7 Å². The van der Waals surface area contributed by atoms with Crippen molar-refractivity contribution in [3.05, 3.63) is 54.1 Å². The van der Waals surface area contributed by atoms with E-state index in [1.165, 1.54) is 50.4 Å². The number of ether oxygens (including phenoxy) is 1. The van der Waals surface area contributed by atoms with Gasteiger partial charge in [-0.05, 0) is 43.3 Å². The molecule has 9 heteroatoms. The highest BCUT2D eigenvalue weighted by atomic mass is 32.2. The molecule has 0 aliphatic rings. The molecule has 0 aromatic heterocycles. The van der Waals surface area contributed by atoms with E-state index < -0.39 is 10.0 Å². The van der Waals surface area contributed by atoms with Gasteiger partial charge in [0.15, 0.2) is 0 Å². The van der Waals surface area contributed by atoms with Crippen molar-refractivity contribution in [2.75, 3.05) is 39.6 Å². The summed E-state index contributed by atoms with van der Waals surface area (Å²) in [5.74, 6) is -0.0960. The molecule has 0 spiro atoms. The molecule has 0 heterocycles. The van der Waals surface area contributed by atoms with Gasteiger partial charge in [-0.3, -0.25) is 9.59 Å². The Hall–Kier alpha value is -2.91. The summed E-state index contributed by atoms with van der Waals surface area (Å²) in [6.07, 6.45) is 0. The molecule has 0 radical (unpaired) electrons. The molecule has 0 saturated carbocycles. The summed E-state index contributed by atoms with van der Waals surface area (Å²) in [5, 5.41) is 2.73. The van der Waals surface area contributed by atoms with Crippen LogP contribution in [-0.4, -0.2) is 63.7 Å². The highest BCUT2D eigenvalue weighted by molar-refractivity contribution is 7.89. The number of rotatable bonds is 8. The predicted molar refractivity (Wildman–Crippen MR) is 111 cm³/mol. The summed E-state index contributed by atoms with van der Waals surface area (Å²) in [6.45, 7) is 1.95. The summed E-state index contributed by atoms with van der Waals surface area (Å²) in [5.41, 5.74) is 0.870. The number of amides is 2. The lowest BCUT2D eigenvalue weighted by atomic mass is 10.2. The van der Waals surface area contributed by atoms with Crippen LogP contribution in [0, 0.1) is 0 Å². The number of sulfonamides is 1. The van der Waals surface area contributed by atoms with Crippen LogP contribution < -0.4 is 10.1 Å². The molecule has 0 bridgehead atoms. The van der Waals surface area contributed by atoms with Crippen LogP contribution in [0.1, 0.15) is 17.3 Å².